The summed E-state index contributed by atoms with van der Waals surface area (Å²) in [6.45, 7) is 1.29. The van der Waals surface area contributed by atoms with Crippen molar-refractivity contribution in [2.45, 2.75) is 19.1 Å². The number of carboxylic acids is 1. The minimum Gasteiger partial charge on any atom is -0.480 e. The number of para-hydroxylation sites is 1. The van der Waals surface area contributed by atoms with Crippen LogP contribution >= 0.6 is 0 Å². The first-order chi connectivity index (χ1) is 9.00. The van der Waals surface area contributed by atoms with E-state index in [1.807, 2.05) is 0 Å². The van der Waals surface area contributed by atoms with Crippen molar-refractivity contribution < 1.29 is 19.8 Å². The number of rotatable bonds is 4. The fraction of sp³-hybridized carbons (Fsp3) is 0.250. The van der Waals surface area contributed by atoms with Crippen molar-refractivity contribution in [1.82, 2.24) is 15.5 Å². The molecule has 2 aromatic rings. The van der Waals surface area contributed by atoms with Crippen LogP contribution in [0.1, 0.15) is 17.4 Å². The summed E-state index contributed by atoms with van der Waals surface area (Å²) in [4.78, 5) is 22.9. The lowest BCUT2D eigenvalue weighted by Crippen LogP contribution is -2.47. The lowest BCUT2D eigenvalue weighted by atomic mass is 10.1. The Hall–Kier alpha value is -2.41. The number of nitrogens with zero attached hydrogens (tertiary/aromatic N) is 1. The SMILES string of the molecule is C[C@@H](O)[C@H](NC(=O)c1n[nH]c2ccccc12)C(=O)O. The number of aliphatic hydroxyl groups excluding tert-OH is 1. The van der Waals surface area contributed by atoms with E-state index < -0.39 is 24.0 Å². The summed E-state index contributed by atoms with van der Waals surface area (Å²) in [5, 5.41) is 27.6. The molecule has 4 N–H and O–H groups in total. The number of carbonyl (C=O) groups excluding carboxylic acids is 1. The highest BCUT2D eigenvalue weighted by Crippen LogP contribution is 2.15. The normalized spacial score (nSPS) is 14.0. The highest BCUT2D eigenvalue weighted by Gasteiger charge is 2.26. The average molecular weight is 263 g/mol. The number of aliphatic carboxylic acids is 1. The van der Waals surface area contributed by atoms with Crippen LogP contribution in [0, 0.1) is 0 Å². The van der Waals surface area contributed by atoms with Crippen molar-refractivity contribution in [3.63, 3.8) is 0 Å². The number of hydrogen-bond donors (Lipinski definition) is 4. The van der Waals surface area contributed by atoms with Crippen LogP contribution in [0.2, 0.25) is 0 Å². The number of fused-ring (bicyclic) bond motifs is 1. The van der Waals surface area contributed by atoms with Gasteiger partial charge in [-0.15, -0.1) is 0 Å². The Bertz CT molecular complexity index is 620. The Morgan fingerprint density at radius 1 is 1.37 bits per heavy atom. The zero-order chi connectivity index (χ0) is 14.0. The van der Waals surface area contributed by atoms with Gasteiger partial charge in [0.05, 0.1) is 11.6 Å². The van der Waals surface area contributed by atoms with Crippen LogP contribution in [-0.4, -0.2) is 44.4 Å². The van der Waals surface area contributed by atoms with Crippen LogP contribution < -0.4 is 5.32 Å². The fourth-order valence-corrected chi connectivity index (χ4v) is 1.73. The van der Waals surface area contributed by atoms with Gasteiger partial charge in [-0.2, -0.15) is 5.10 Å². The first-order valence-corrected chi connectivity index (χ1v) is 5.65. The monoisotopic (exact) mass is 263 g/mol. The van der Waals surface area contributed by atoms with E-state index in [1.165, 1.54) is 6.92 Å². The lowest BCUT2D eigenvalue weighted by Gasteiger charge is -2.16. The predicted octanol–water partition coefficient (Wildman–Crippen LogP) is 0.127. The first-order valence-electron chi connectivity index (χ1n) is 5.65. The number of carboxylic acid groups (broad SMARTS) is 1. The molecule has 0 saturated carbocycles. The molecule has 1 aromatic carbocycles. The summed E-state index contributed by atoms with van der Waals surface area (Å²) in [7, 11) is 0. The van der Waals surface area contributed by atoms with Crippen molar-refractivity contribution in [3.05, 3.63) is 30.0 Å². The zero-order valence-corrected chi connectivity index (χ0v) is 10.1. The highest BCUT2D eigenvalue weighted by atomic mass is 16.4. The third-order valence-electron chi connectivity index (χ3n) is 2.72. The van der Waals surface area contributed by atoms with E-state index in [2.05, 4.69) is 15.5 Å². The van der Waals surface area contributed by atoms with E-state index in [4.69, 9.17) is 5.11 Å². The third-order valence-corrected chi connectivity index (χ3v) is 2.72. The first kappa shape index (κ1) is 13.0. The molecule has 1 heterocycles. The molecule has 0 radical (unpaired) electrons. The minimum absolute atomic E-state index is 0.0995. The number of aromatic nitrogens is 2. The molecular weight excluding hydrogens is 250 g/mol. The standard InChI is InChI=1S/C12H13N3O4/c1-6(16)9(12(18)19)13-11(17)10-7-4-2-3-5-8(7)14-15-10/h2-6,9,16H,1H3,(H,13,17)(H,14,15)(H,18,19)/t6-,9+/m1/s1. The van der Waals surface area contributed by atoms with Gasteiger partial charge in [0.25, 0.3) is 5.91 Å². The van der Waals surface area contributed by atoms with E-state index >= 15 is 0 Å². The second kappa shape index (κ2) is 5.07. The number of benzene rings is 1. The Labute approximate surface area is 108 Å². The average Bonchev–Trinajstić information content (AvgIpc) is 2.78. The van der Waals surface area contributed by atoms with Gasteiger partial charge in [0.15, 0.2) is 11.7 Å². The molecule has 2 atom stereocenters. The van der Waals surface area contributed by atoms with Gasteiger partial charge in [-0.1, -0.05) is 18.2 Å². The molecule has 0 spiro atoms. The van der Waals surface area contributed by atoms with Gasteiger partial charge in [-0.25, -0.2) is 4.79 Å². The zero-order valence-electron chi connectivity index (χ0n) is 10.1. The topological polar surface area (TPSA) is 115 Å². The molecule has 0 aliphatic carbocycles. The smallest absolute Gasteiger partial charge is 0.328 e. The molecule has 0 saturated heterocycles. The van der Waals surface area contributed by atoms with Crippen LogP contribution in [0.25, 0.3) is 10.9 Å². The molecule has 7 nitrogen and oxygen atoms in total. The predicted molar refractivity (Wildman–Crippen MR) is 66.7 cm³/mol. The second-order valence-electron chi connectivity index (χ2n) is 4.15. The minimum atomic E-state index is -1.37. The number of H-pyrrole nitrogens is 1. The van der Waals surface area contributed by atoms with Gasteiger partial charge < -0.3 is 15.5 Å². The number of carbonyl (C=O) groups is 2. The van der Waals surface area contributed by atoms with Gasteiger partial charge in [0, 0.05) is 5.39 Å². The Balaban J connectivity index is 2.27. The van der Waals surface area contributed by atoms with Gasteiger partial charge in [0.2, 0.25) is 0 Å². The summed E-state index contributed by atoms with van der Waals surface area (Å²) < 4.78 is 0. The third kappa shape index (κ3) is 2.55. The number of nitrogens with one attached hydrogen (secondary N) is 2. The molecule has 2 rings (SSSR count). The molecule has 0 unspecified atom stereocenters. The van der Waals surface area contributed by atoms with Crippen molar-refractivity contribution in [2.75, 3.05) is 0 Å². The summed E-state index contributed by atoms with van der Waals surface area (Å²) in [6.07, 6.45) is -1.20. The van der Waals surface area contributed by atoms with E-state index in [9.17, 15) is 14.7 Å². The molecule has 19 heavy (non-hydrogen) atoms. The number of aliphatic hydroxyl groups is 1. The maximum atomic E-state index is 12.0. The van der Waals surface area contributed by atoms with Crippen LogP contribution in [-0.2, 0) is 4.79 Å². The highest BCUT2D eigenvalue weighted by molar-refractivity contribution is 6.05. The summed E-state index contributed by atoms with van der Waals surface area (Å²) in [5.41, 5.74) is 0.777. The number of hydrogen-bond acceptors (Lipinski definition) is 4. The van der Waals surface area contributed by atoms with Crippen LogP contribution in [0.4, 0.5) is 0 Å². The van der Waals surface area contributed by atoms with Crippen molar-refractivity contribution in [3.8, 4) is 0 Å². The molecule has 1 aromatic heterocycles. The maximum Gasteiger partial charge on any atom is 0.328 e. The Kier molecular flexibility index (Phi) is 3.48. The van der Waals surface area contributed by atoms with E-state index in [0.717, 1.165) is 0 Å². The summed E-state index contributed by atoms with van der Waals surface area (Å²) in [6, 6.07) is 5.62. The molecule has 100 valence electrons. The number of aromatic amines is 1. The Morgan fingerprint density at radius 3 is 2.68 bits per heavy atom. The van der Waals surface area contributed by atoms with E-state index in [0.29, 0.717) is 10.9 Å². The summed E-state index contributed by atoms with van der Waals surface area (Å²) >= 11 is 0. The van der Waals surface area contributed by atoms with Crippen molar-refractivity contribution in [1.29, 1.82) is 0 Å². The molecule has 0 fully saturated rings. The summed E-state index contributed by atoms with van der Waals surface area (Å²) in [5.74, 6) is -1.95. The molecule has 0 aliphatic heterocycles. The van der Waals surface area contributed by atoms with Gasteiger partial charge in [-0.3, -0.25) is 9.89 Å². The Morgan fingerprint density at radius 2 is 2.05 bits per heavy atom. The van der Waals surface area contributed by atoms with E-state index in [1.54, 1.807) is 24.3 Å². The van der Waals surface area contributed by atoms with E-state index in [-0.39, 0.29) is 5.69 Å². The van der Waals surface area contributed by atoms with Crippen LogP contribution in [0.15, 0.2) is 24.3 Å². The van der Waals surface area contributed by atoms with Crippen LogP contribution in [0.3, 0.4) is 0 Å². The van der Waals surface area contributed by atoms with Crippen LogP contribution in [0.5, 0.6) is 0 Å². The van der Waals surface area contributed by atoms with Gasteiger partial charge >= 0.3 is 5.97 Å². The quantitative estimate of drug-likeness (QED) is 0.625. The molecule has 7 heteroatoms. The number of amides is 1. The van der Waals surface area contributed by atoms with Crippen molar-refractivity contribution in [2.24, 2.45) is 0 Å². The molecule has 0 bridgehead atoms. The lowest BCUT2D eigenvalue weighted by molar-refractivity contribution is -0.141. The van der Waals surface area contributed by atoms with Crippen molar-refractivity contribution >= 4 is 22.8 Å². The fourth-order valence-electron chi connectivity index (χ4n) is 1.73. The largest absolute Gasteiger partial charge is 0.480 e. The molecule has 1 amide bonds. The maximum absolute atomic E-state index is 12.0. The molecular formula is C12H13N3O4. The van der Waals surface area contributed by atoms with Gasteiger partial charge in [0.1, 0.15) is 0 Å². The van der Waals surface area contributed by atoms with Gasteiger partial charge in [-0.05, 0) is 13.0 Å². The molecule has 0 aliphatic rings. The second-order valence-corrected chi connectivity index (χ2v) is 4.15.